The molecule has 0 amide bonds. The van der Waals surface area contributed by atoms with Crippen LogP contribution in [-0.4, -0.2) is 24.1 Å². The predicted octanol–water partition coefficient (Wildman–Crippen LogP) is 1.64. The van der Waals surface area contributed by atoms with Crippen molar-refractivity contribution in [3.63, 3.8) is 0 Å². The maximum Gasteiger partial charge on any atom is 0.164 e. The van der Waals surface area contributed by atoms with Crippen LogP contribution >= 0.6 is 0 Å². The Balaban J connectivity index is 2.13. The Labute approximate surface area is 106 Å². The Hall–Kier alpha value is -2.12. The molecule has 0 saturated carbocycles. The molecular formula is C14H14N4. The van der Waals surface area contributed by atoms with E-state index in [2.05, 4.69) is 16.0 Å². The second-order valence-electron chi connectivity index (χ2n) is 4.66. The first-order chi connectivity index (χ1) is 8.78. The van der Waals surface area contributed by atoms with Crippen LogP contribution in [0.2, 0.25) is 0 Å². The third-order valence-electron chi connectivity index (χ3n) is 3.38. The smallest absolute Gasteiger partial charge is 0.164 e. The minimum absolute atomic E-state index is 0.197. The second kappa shape index (κ2) is 4.28. The standard InChI is InChI=1S/C14H14N4/c15-8-13-14(18-6-5-11(16)9-18)7-10-3-1-2-4-12(10)17-13/h1-4,7,11H,5-6,9,16H2. The van der Waals surface area contributed by atoms with E-state index in [-0.39, 0.29) is 6.04 Å². The van der Waals surface area contributed by atoms with Crippen molar-refractivity contribution in [1.82, 2.24) is 4.98 Å². The molecule has 1 aliphatic rings. The first-order valence-corrected chi connectivity index (χ1v) is 6.08. The van der Waals surface area contributed by atoms with Gasteiger partial charge in [-0.3, -0.25) is 0 Å². The van der Waals surface area contributed by atoms with Crippen LogP contribution in [-0.2, 0) is 0 Å². The van der Waals surface area contributed by atoms with Gasteiger partial charge in [0.15, 0.2) is 5.69 Å². The average Bonchev–Trinajstić information content (AvgIpc) is 2.83. The number of aromatic nitrogens is 1. The molecule has 0 radical (unpaired) electrons. The molecule has 1 saturated heterocycles. The number of benzene rings is 1. The van der Waals surface area contributed by atoms with E-state index in [9.17, 15) is 5.26 Å². The number of hydrogen-bond acceptors (Lipinski definition) is 4. The van der Waals surface area contributed by atoms with Crippen molar-refractivity contribution < 1.29 is 0 Å². The van der Waals surface area contributed by atoms with Crippen molar-refractivity contribution in [3.8, 4) is 6.07 Å². The summed E-state index contributed by atoms with van der Waals surface area (Å²) in [5, 5.41) is 10.3. The molecule has 1 atom stereocenters. The number of para-hydroxylation sites is 1. The monoisotopic (exact) mass is 238 g/mol. The van der Waals surface area contributed by atoms with E-state index in [1.54, 1.807) is 0 Å². The molecule has 90 valence electrons. The fourth-order valence-corrected chi connectivity index (χ4v) is 2.43. The molecule has 4 heteroatoms. The lowest BCUT2D eigenvalue weighted by molar-refractivity contribution is 0.752. The van der Waals surface area contributed by atoms with Gasteiger partial charge in [-0.1, -0.05) is 18.2 Å². The van der Waals surface area contributed by atoms with Gasteiger partial charge in [0.1, 0.15) is 6.07 Å². The van der Waals surface area contributed by atoms with Crippen molar-refractivity contribution in [3.05, 3.63) is 36.0 Å². The lowest BCUT2D eigenvalue weighted by Gasteiger charge is -2.19. The number of hydrogen-bond donors (Lipinski definition) is 1. The number of nitrogens with zero attached hydrogens (tertiary/aromatic N) is 3. The Morgan fingerprint density at radius 3 is 2.94 bits per heavy atom. The summed E-state index contributed by atoms with van der Waals surface area (Å²) >= 11 is 0. The van der Waals surface area contributed by atoms with Crippen molar-refractivity contribution in [2.75, 3.05) is 18.0 Å². The summed E-state index contributed by atoms with van der Waals surface area (Å²) in [7, 11) is 0. The number of nitriles is 1. The maximum atomic E-state index is 9.23. The van der Waals surface area contributed by atoms with Crippen LogP contribution in [0.4, 0.5) is 5.69 Å². The van der Waals surface area contributed by atoms with Gasteiger partial charge in [-0.15, -0.1) is 0 Å². The van der Waals surface area contributed by atoms with Crippen molar-refractivity contribution in [2.45, 2.75) is 12.5 Å². The molecule has 0 aliphatic carbocycles. The topological polar surface area (TPSA) is 65.9 Å². The van der Waals surface area contributed by atoms with Crippen molar-refractivity contribution in [2.24, 2.45) is 5.73 Å². The van der Waals surface area contributed by atoms with Crippen LogP contribution in [0.1, 0.15) is 12.1 Å². The summed E-state index contributed by atoms with van der Waals surface area (Å²) in [4.78, 5) is 6.58. The van der Waals surface area contributed by atoms with Gasteiger partial charge in [-0.25, -0.2) is 4.98 Å². The van der Waals surface area contributed by atoms with Crippen LogP contribution in [0.15, 0.2) is 30.3 Å². The maximum absolute atomic E-state index is 9.23. The molecule has 0 bridgehead atoms. The second-order valence-corrected chi connectivity index (χ2v) is 4.66. The van der Waals surface area contributed by atoms with Crippen LogP contribution in [0.25, 0.3) is 10.9 Å². The Bertz CT molecular complexity index is 629. The molecule has 1 aromatic heterocycles. The third-order valence-corrected chi connectivity index (χ3v) is 3.38. The highest BCUT2D eigenvalue weighted by Gasteiger charge is 2.22. The van der Waals surface area contributed by atoms with Gasteiger partial charge in [-0.05, 0) is 18.6 Å². The largest absolute Gasteiger partial charge is 0.368 e. The number of fused-ring (bicyclic) bond motifs is 1. The molecule has 0 spiro atoms. The zero-order chi connectivity index (χ0) is 12.5. The Morgan fingerprint density at radius 2 is 2.22 bits per heavy atom. The fourth-order valence-electron chi connectivity index (χ4n) is 2.43. The van der Waals surface area contributed by atoms with Gasteiger partial charge in [-0.2, -0.15) is 5.26 Å². The molecule has 4 nitrogen and oxygen atoms in total. The van der Waals surface area contributed by atoms with E-state index in [1.165, 1.54) is 0 Å². The highest BCUT2D eigenvalue weighted by molar-refractivity contribution is 5.84. The SMILES string of the molecule is N#Cc1nc2ccccc2cc1N1CCC(N)C1. The fraction of sp³-hybridized carbons (Fsp3) is 0.286. The van der Waals surface area contributed by atoms with Gasteiger partial charge < -0.3 is 10.6 Å². The van der Waals surface area contributed by atoms with E-state index in [0.29, 0.717) is 5.69 Å². The molecule has 1 fully saturated rings. The number of anilines is 1. The van der Waals surface area contributed by atoms with E-state index in [0.717, 1.165) is 36.1 Å². The molecular weight excluding hydrogens is 224 g/mol. The molecule has 3 rings (SSSR count). The Morgan fingerprint density at radius 1 is 1.39 bits per heavy atom. The summed E-state index contributed by atoms with van der Waals surface area (Å²) in [5.74, 6) is 0. The molecule has 1 aromatic carbocycles. The third kappa shape index (κ3) is 1.79. The van der Waals surface area contributed by atoms with Crippen molar-refractivity contribution in [1.29, 1.82) is 5.26 Å². The van der Waals surface area contributed by atoms with Crippen molar-refractivity contribution >= 4 is 16.6 Å². The van der Waals surface area contributed by atoms with Crippen LogP contribution < -0.4 is 10.6 Å². The number of pyridine rings is 1. The molecule has 1 unspecified atom stereocenters. The summed E-state index contributed by atoms with van der Waals surface area (Å²) < 4.78 is 0. The highest BCUT2D eigenvalue weighted by atomic mass is 15.2. The molecule has 2 N–H and O–H groups in total. The lowest BCUT2D eigenvalue weighted by atomic mass is 10.1. The van der Waals surface area contributed by atoms with Crippen LogP contribution in [0, 0.1) is 11.3 Å². The van der Waals surface area contributed by atoms with E-state index < -0.39 is 0 Å². The quantitative estimate of drug-likeness (QED) is 0.820. The zero-order valence-electron chi connectivity index (χ0n) is 10.0. The zero-order valence-corrected chi connectivity index (χ0v) is 10.0. The van der Waals surface area contributed by atoms with Gasteiger partial charge >= 0.3 is 0 Å². The Kier molecular flexibility index (Phi) is 2.62. The first kappa shape index (κ1) is 11.0. The summed E-state index contributed by atoms with van der Waals surface area (Å²) in [6, 6.07) is 12.3. The molecule has 18 heavy (non-hydrogen) atoms. The van der Waals surface area contributed by atoms with E-state index in [1.807, 2.05) is 30.3 Å². The number of nitrogens with two attached hydrogens (primary N) is 1. The average molecular weight is 238 g/mol. The minimum atomic E-state index is 0.197. The number of rotatable bonds is 1. The molecule has 1 aliphatic heterocycles. The summed E-state index contributed by atoms with van der Waals surface area (Å²) in [6.45, 7) is 1.70. The molecule has 2 heterocycles. The van der Waals surface area contributed by atoms with Gasteiger partial charge in [0.2, 0.25) is 0 Å². The predicted molar refractivity (Wildman–Crippen MR) is 71.3 cm³/mol. The minimum Gasteiger partial charge on any atom is -0.368 e. The summed E-state index contributed by atoms with van der Waals surface area (Å²) in [6.07, 6.45) is 0.970. The first-order valence-electron chi connectivity index (χ1n) is 6.08. The normalized spacial score (nSPS) is 19.1. The van der Waals surface area contributed by atoms with Crippen LogP contribution in [0.5, 0.6) is 0 Å². The van der Waals surface area contributed by atoms with Gasteiger partial charge in [0, 0.05) is 24.5 Å². The molecule has 2 aromatic rings. The lowest BCUT2D eigenvalue weighted by Crippen LogP contribution is -2.27. The van der Waals surface area contributed by atoms with E-state index in [4.69, 9.17) is 5.73 Å². The van der Waals surface area contributed by atoms with Gasteiger partial charge in [0.05, 0.1) is 11.2 Å². The van der Waals surface area contributed by atoms with Crippen LogP contribution in [0.3, 0.4) is 0 Å². The highest BCUT2D eigenvalue weighted by Crippen LogP contribution is 2.26. The van der Waals surface area contributed by atoms with E-state index >= 15 is 0 Å². The summed E-state index contributed by atoms with van der Waals surface area (Å²) in [5.41, 5.74) is 8.18. The van der Waals surface area contributed by atoms with Gasteiger partial charge in [0.25, 0.3) is 0 Å².